The summed E-state index contributed by atoms with van der Waals surface area (Å²) in [5.74, 6) is -0.0891. The largest absolute Gasteiger partial charge is 0.338 e. The van der Waals surface area contributed by atoms with Crippen molar-refractivity contribution in [1.29, 1.82) is 0 Å². The lowest BCUT2D eigenvalue weighted by atomic mass is 10.1. The van der Waals surface area contributed by atoms with Gasteiger partial charge in [-0.15, -0.1) is 0 Å². The SMILES string of the molecule is O=c1[nH]c2c(Nc3ccc(F)c(Cl)c3)ncnc2n1CCc1ccccc1. The van der Waals surface area contributed by atoms with Crippen molar-refractivity contribution in [3.05, 3.63) is 81.7 Å². The van der Waals surface area contributed by atoms with E-state index in [2.05, 4.69) is 20.3 Å². The summed E-state index contributed by atoms with van der Waals surface area (Å²) in [4.78, 5) is 23.6. The van der Waals surface area contributed by atoms with E-state index in [0.29, 0.717) is 35.6 Å². The molecule has 0 fully saturated rings. The standard InChI is InChI=1S/C19H15ClFN5O/c20-14-10-13(6-7-15(14)21)24-17-16-18(23-11-22-17)26(19(27)25-16)9-8-12-4-2-1-3-5-12/h1-7,10-11H,8-9H2,(H,25,27)(H,22,23,24). The molecule has 0 atom stereocenters. The maximum absolute atomic E-state index is 13.3. The fraction of sp³-hybridized carbons (Fsp3) is 0.105. The quantitative estimate of drug-likeness (QED) is 0.548. The van der Waals surface area contributed by atoms with Crippen LogP contribution in [0.5, 0.6) is 0 Å². The van der Waals surface area contributed by atoms with E-state index in [1.807, 2.05) is 30.3 Å². The van der Waals surface area contributed by atoms with Crippen LogP contribution in [0.2, 0.25) is 5.02 Å². The number of H-pyrrole nitrogens is 1. The molecule has 2 N–H and O–H groups in total. The van der Waals surface area contributed by atoms with E-state index in [1.165, 1.54) is 18.5 Å². The molecule has 0 saturated heterocycles. The molecule has 0 aliphatic rings. The zero-order chi connectivity index (χ0) is 18.8. The fourth-order valence-electron chi connectivity index (χ4n) is 2.87. The summed E-state index contributed by atoms with van der Waals surface area (Å²) in [7, 11) is 0. The van der Waals surface area contributed by atoms with Crippen LogP contribution in [0, 0.1) is 5.82 Å². The number of imidazole rings is 1. The second-order valence-corrected chi connectivity index (χ2v) is 6.40. The third kappa shape index (κ3) is 3.54. The van der Waals surface area contributed by atoms with Gasteiger partial charge in [0.15, 0.2) is 11.5 Å². The number of benzene rings is 2. The first kappa shape index (κ1) is 17.2. The lowest BCUT2D eigenvalue weighted by Crippen LogP contribution is -2.18. The third-order valence-electron chi connectivity index (χ3n) is 4.21. The van der Waals surface area contributed by atoms with Crippen LogP contribution < -0.4 is 11.0 Å². The van der Waals surface area contributed by atoms with Gasteiger partial charge in [-0.3, -0.25) is 4.57 Å². The minimum atomic E-state index is -0.504. The molecule has 0 radical (unpaired) electrons. The molecule has 0 bridgehead atoms. The molecule has 2 aromatic carbocycles. The highest BCUT2D eigenvalue weighted by molar-refractivity contribution is 6.31. The molecule has 136 valence electrons. The van der Waals surface area contributed by atoms with E-state index < -0.39 is 5.82 Å². The van der Waals surface area contributed by atoms with Crippen LogP contribution in [0.1, 0.15) is 5.56 Å². The van der Waals surface area contributed by atoms with Gasteiger partial charge in [0.25, 0.3) is 0 Å². The smallest absolute Gasteiger partial charge is 0.327 e. The van der Waals surface area contributed by atoms with Gasteiger partial charge in [-0.05, 0) is 30.2 Å². The first-order valence-electron chi connectivity index (χ1n) is 8.31. The average Bonchev–Trinajstić information content (AvgIpc) is 3.00. The normalized spacial score (nSPS) is 11.0. The summed E-state index contributed by atoms with van der Waals surface area (Å²) in [5.41, 5.74) is 2.41. The van der Waals surface area contributed by atoms with Gasteiger partial charge in [0, 0.05) is 12.2 Å². The third-order valence-corrected chi connectivity index (χ3v) is 4.50. The zero-order valence-corrected chi connectivity index (χ0v) is 14.9. The average molecular weight is 384 g/mol. The number of hydrogen-bond donors (Lipinski definition) is 2. The fourth-order valence-corrected chi connectivity index (χ4v) is 3.05. The Morgan fingerprint density at radius 2 is 1.96 bits per heavy atom. The predicted octanol–water partition coefficient (Wildman–Crippen LogP) is 3.90. The highest BCUT2D eigenvalue weighted by atomic mass is 35.5. The summed E-state index contributed by atoms with van der Waals surface area (Å²) in [5, 5.41) is 3.04. The number of nitrogens with one attached hydrogen (secondary N) is 2. The summed E-state index contributed by atoms with van der Waals surface area (Å²) < 4.78 is 14.9. The Morgan fingerprint density at radius 1 is 1.15 bits per heavy atom. The van der Waals surface area contributed by atoms with E-state index in [-0.39, 0.29) is 10.7 Å². The van der Waals surface area contributed by atoms with Gasteiger partial charge in [0.05, 0.1) is 5.02 Å². The van der Waals surface area contributed by atoms with Gasteiger partial charge in [-0.25, -0.2) is 19.2 Å². The van der Waals surface area contributed by atoms with Crippen LogP contribution in [-0.4, -0.2) is 19.5 Å². The summed E-state index contributed by atoms with van der Waals surface area (Å²) in [6, 6.07) is 14.2. The molecule has 0 amide bonds. The number of anilines is 2. The van der Waals surface area contributed by atoms with E-state index in [9.17, 15) is 9.18 Å². The Bertz CT molecular complexity index is 1160. The minimum Gasteiger partial charge on any atom is -0.338 e. The first-order chi connectivity index (χ1) is 13.1. The molecule has 0 spiro atoms. The van der Waals surface area contributed by atoms with Crippen LogP contribution in [0.25, 0.3) is 11.2 Å². The van der Waals surface area contributed by atoms with E-state index >= 15 is 0 Å². The van der Waals surface area contributed by atoms with E-state index in [0.717, 1.165) is 5.56 Å². The van der Waals surface area contributed by atoms with Crippen molar-refractivity contribution in [2.45, 2.75) is 13.0 Å². The Labute approximate surface area is 158 Å². The number of rotatable bonds is 5. The molecule has 0 aliphatic heterocycles. The Kier molecular flexibility index (Phi) is 4.60. The molecule has 2 aromatic heterocycles. The minimum absolute atomic E-state index is 0.000718. The monoisotopic (exact) mass is 383 g/mol. The van der Waals surface area contributed by atoms with Gasteiger partial charge in [0.2, 0.25) is 0 Å². The molecule has 8 heteroatoms. The lowest BCUT2D eigenvalue weighted by molar-refractivity contribution is 0.628. The molecule has 4 rings (SSSR count). The van der Waals surface area contributed by atoms with Crippen LogP contribution in [0.3, 0.4) is 0 Å². The van der Waals surface area contributed by atoms with E-state index in [4.69, 9.17) is 11.6 Å². The van der Waals surface area contributed by atoms with Crippen LogP contribution in [-0.2, 0) is 13.0 Å². The van der Waals surface area contributed by atoms with Gasteiger partial charge in [-0.2, -0.15) is 0 Å². The van der Waals surface area contributed by atoms with Crippen molar-refractivity contribution in [3.8, 4) is 0 Å². The number of aromatic amines is 1. The Hall–Kier alpha value is -3.19. The second kappa shape index (κ2) is 7.20. The molecule has 27 heavy (non-hydrogen) atoms. The van der Waals surface area contributed by atoms with Gasteiger partial charge in [0.1, 0.15) is 17.7 Å². The molecule has 4 aromatic rings. The predicted molar refractivity (Wildman–Crippen MR) is 103 cm³/mol. The topological polar surface area (TPSA) is 75.6 Å². The number of fused-ring (bicyclic) bond motifs is 1. The lowest BCUT2D eigenvalue weighted by Gasteiger charge is -2.07. The van der Waals surface area contributed by atoms with Crippen molar-refractivity contribution in [1.82, 2.24) is 19.5 Å². The number of aryl methyl sites for hydroxylation is 2. The summed E-state index contributed by atoms with van der Waals surface area (Å²) >= 11 is 5.82. The molecule has 0 saturated carbocycles. The number of halogens is 2. The van der Waals surface area contributed by atoms with Crippen molar-refractivity contribution in [3.63, 3.8) is 0 Å². The van der Waals surface area contributed by atoms with Gasteiger partial charge >= 0.3 is 5.69 Å². The number of aromatic nitrogens is 4. The summed E-state index contributed by atoms with van der Waals surface area (Å²) in [6.45, 7) is 0.488. The molecular weight excluding hydrogens is 369 g/mol. The first-order valence-corrected chi connectivity index (χ1v) is 8.69. The maximum atomic E-state index is 13.3. The maximum Gasteiger partial charge on any atom is 0.327 e. The van der Waals surface area contributed by atoms with Crippen LogP contribution in [0.4, 0.5) is 15.9 Å². The molecule has 0 unspecified atom stereocenters. The molecule has 0 aliphatic carbocycles. The van der Waals surface area contributed by atoms with Gasteiger partial charge < -0.3 is 10.3 Å². The number of nitrogens with zero attached hydrogens (tertiary/aromatic N) is 3. The highest BCUT2D eigenvalue weighted by Crippen LogP contribution is 2.24. The van der Waals surface area contributed by atoms with E-state index in [1.54, 1.807) is 10.6 Å². The van der Waals surface area contributed by atoms with Gasteiger partial charge in [-0.1, -0.05) is 41.9 Å². The zero-order valence-electron chi connectivity index (χ0n) is 14.1. The Morgan fingerprint density at radius 3 is 2.74 bits per heavy atom. The number of hydrogen-bond acceptors (Lipinski definition) is 4. The molecular formula is C19H15ClFN5O. The molecule has 2 heterocycles. The Balaban J connectivity index is 1.65. The highest BCUT2D eigenvalue weighted by Gasteiger charge is 2.13. The van der Waals surface area contributed by atoms with Crippen LogP contribution >= 0.6 is 11.6 Å². The second-order valence-electron chi connectivity index (χ2n) is 5.99. The van der Waals surface area contributed by atoms with Crippen molar-refractivity contribution < 1.29 is 4.39 Å². The van der Waals surface area contributed by atoms with Crippen LogP contribution in [0.15, 0.2) is 59.7 Å². The molecule has 6 nitrogen and oxygen atoms in total. The van der Waals surface area contributed by atoms with Crippen molar-refractivity contribution >= 4 is 34.3 Å². The van der Waals surface area contributed by atoms with Crippen molar-refractivity contribution in [2.75, 3.05) is 5.32 Å². The van der Waals surface area contributed by atoms with Crippen molar-refractivity contribution in [2.24, 2.45) is 0 Å². The summed E-state index contributed by atoms with van der Waals surface area (Å²) in [6.07, 6.45) is 2.08.